The van der Waals surface area contributed by atoms with Crippen molar-refractivity contribution in [1.82, 2.24) is 14.8 Å². The van der Waals surface area contributed by atoms with Crippen molar-refractivity contribution in [2.75, 3.05) is 0 Å². The molecule has 0 aliphatic carbocycles. The van der Waals surface area contributed by atoms with Gasteiger partial charge in [0.2, 0.25) is 6.10 Å². The molecule has 2 N–H and O–H groups in total. The van der Waals surface area contributed by atoms with E-state index in [1.807, 2.05) is 0 Å². The lowest BCUT2D eigenvalue weighted by Crippen LogP contribution is -2.34. The summed E-state index contributed by atoms with van der Waals surface area (Å²) in [6.07, 6.45) is -0.0206. The molecule has 0 aliphatic rings. The molecule has 0 saturated heterocycles. The number of hydrogen-bond acceptors (Lipinski definition) is 5. The normalized spacial score (nSPS) is 12.4. The topological polar surface area (TPSA) is 105 Å². The van der Waals surface area contributed by atoms with Gasteiger partial charge in [0, 0.05) is 0 Å². The number of rotatable bonds is 2. The van der Waals surface area contributed by atoms with Crippen LogP contribution >= 0.6 is 0 Å². The fraction of sp³-hybridized carbons (Fsp3) is 0.200. The van der Waals surface area contributed by atoms with Crippen molar-refractivity contribution < 1.29 is 19.8 Å². The zero-order chi connectivity index (χ0) is 9.14. The summed E-state index contributed by atoms with van der Waals surface area (Å²) in [4.78, 5) is 24.4. The van der Waals surface area contributed by atoms with Crippen LogP contribution in [-0.2, 0) is 4.79 Å². The van der Waals surface area contributed by atoms with E-state index in [4.69, 9.17) is 10.2 Å². The molecule has 0 aliphatic heterocycles. The van der Waals surface area contributed by atoms with E-state index in [0.29, 0.717) is 4.68 Å². The van der Waals surface area contributed by atoms with Crippen LogP contribution in [0.3, 0.4) is 0 Å². The third-order valence-corrected chi connectivity index (χ3v) is 1.11. The van der Waals surface area contributed by atoms with Gasteiger partial charge in [0.15, 0.2) is 0 Å². The average Bonchev–Trinajstić information content (AvgIpc) is 2.53. The summed E-state index contributed by atoms with van der Waals surface area (Å²) in [5.41, 5.74) is 0. The van der Waals surface area contributed by atoms with Gasteiger partial charge in [0.25, 0.3) is 5.91 Å². The Bertz CT molecular complexity index is 294. The Labute approximate surface area is 66.3 Å². The maximum absolute atomic E-state index is 10.9. The van der Waals surface area contributed by atoms with Crippen molar-refractivity contribution in [3.05, 3.63) is 12.7 Å². The molecule has 1 aromatic heterocycles. The van der Waals surface area contributed by atoms with Crippen LogP contribution in [0.4, 0.5) is 0 Å². The van der Waals surface area contributed by atoms with E-state index < -0.39 is 18.0 Å². The molecule has 1 aromatic rings. The molecule has 12 heavy (non-hydrogen) atoms. The van der Waals surface area contributed by atoms with Crippen molar-refractivity contribution >= 4 is 11.9 Å². The third kappa shape index (κ3) is 1.45. The zero-order valence-corrected chi connectivity index (χ0v) is 5.78. The first-order chi connectivity index (χ1) is 5.63. The van der Waals surface area contributed by atoms with Crippen LogP contribution in [0.25, 0.3) is 0 Å². The number of carbonyl (C=O) groups excluding carboxylic acids is 1. The van der Waals surface area contributed by atoms with Crippen LogP contribution in [0.1, 0.15) is 4.79 Å². The van der Waals surface area contributed by atoms with Crippen molar-refractivity contribution in [2.24, 2.45) is 0 Å². The second-order valence-corrected chi connectivity index (χ2v) is 1.92. The summed E-state index contributed by atoms with van der Waals surface area (Å²) in [5, 5.41) is 20.3. The van der Waals surface area contributed by atoms with Crippen molar-refractivity contribution in [2.45, 2.75) is 6.10 Å². The van der Waals surface area contributed by atoms with Crippen molar-refractivity contribution in [3.8, 4) is 0 Å². The summed E-state index contributed by atoms with van der Waals surface area (Å²) >= 11 is 0. The highest BCUT2D eigenvalue weighted by Crippen LogP contribution is 1.89. The number of carboxylic acid groups (broad SMARTS) is 1. The first-order valence-corrected chi connectivity index (χ1v) is 2.92. The number of carbonyl (C=O) groups is 2. The fourth-order valence-corrected chi connectivity index (χ4v) is 0.553. The average molecular weight is 171 g/mol. The van der Waals surface area contributed by atoms with E-state index in [1.165, 1.54) is 0 Å². The molecular formula is C5H5N3O4. The first kappa shape index (κ1) is 8.34. The van der Waals surface area contributed by atoms with Crippen LogP contribution in [0.2, 0.25) is 0 Å². The Hall–Kier alpha value is -1.76. The van der Waals surface area contributed by atoms with E-state index in [9.17, 15) is 9.59 Å². The molecule has 0 amide bonds. The predicted octanol–water partition coefficient (Wildman–Crippen LogP) is -1.64. The maximum atomic E-state index is 10.9. The second-order valence-electron chi connectivity index (χ2n) is 1.92. The molecule has 0 saturated carbocycles. The highest BCUT2D eigenvalue weighted by Gasteiger charge is 2.24. The number of aliphatic carboxylic acids is 1. The quantitative estimate of drug-likeness (QED) is 0.517. The van der Waals surface area contributed by atoms with Crippen LogP contribution in [0.15, 0.2) is 12.7 Å². The molecule has 1 unspecified atom stereocenters. The largest absolute Gasteiger partial charge is 0.479 e. The van der Waals surface area contributed by atoms with Gasteiger partial charge in [-0.1, -0.05) is 0 Å². The monoisotopic (exact) mass is 171 g/mol. The van der Waals surface area contributed by atoms with E-state index in [-0.39, 0.29) is 0 Å². The lowest BCUT2D eigenvalue weighted by Gasteiger charge is -2.01. The molecule has 1 heterocycles. The second kappa shape index (κ2) is 3.09. The minimum absolute atomic E-state index is 0.652. The number of hydrogen-bond donors (Lipinski definition) is 2. The Balaban J connectivity index is 2.79. The lowest BCUT2D eigenvalue weighted by atomic mass is 10.3. The van der Waals surface area contributed by atoms with Gasteiger partial charge >= 0.3 is 5.97 Å². The smallest absolute Gasteiger partial charge is 0.342 e. The number of aliphatic hydroxyl groups is 1. The van der Waals surface area contributed by atoms with Gasteiger partial charge in [0.05, 0.1) is 0 Å². The Kier molecular flexibility index (Phi) is 2.15. The van der Waals surface area contributed by atoms with Gasteiger partial charge < -0.3 is 10.2 Å². The SMILES string of the molecule is O=C(O)C(O)C(=O)n1cncn1. The van der Waals surface area contributed by atoms with Gasteiger partial charge in [-0.15, -0.1) is 0 Å². The minimum Gasteiger partial charge on any atom is -0.479 e. The standard InChI is InChI=1S/C5H5N3O4/c9-3(5(11)12)4(10)8-2-6-1-7-8/h1-3,9H,(H,11,12). The lowest BCUT2D eigenvalue weighted by molar-refractivity contribution is -0.144. The van der Waals surface area contributed by atoms with E-state index >= 15 is 0 Å². The highest BCUT2D eigenvalue weighted by atomic mass is 16.4. The first-order valence-electron chi connectivity index (χ1n) is 2.92. The van der Waals surface area contributed by atoms with Gasteiger partial charge in [0.1, 0.15) is 12.7 Å². The summed E-state index contributed by atoms with van der Waals surface area (Å²) in [6, 6.07) is 0. The van der Waals surface area contributed by atoms with Crippen molar-refractivity contribution in [3.63, 3.8) is 0 Å². The Morgan fingerprint density at radius 2 is 2.17 bits per heavy atom. The van der Waals surface area contributed by atoms with Gasteiger partial charge in [-0.2, -0.15) is 9.78 Å². The van der Waals surface area contributed by atoms with Gasteiger partial charge in [-0.25, -0.2) is 9.78 Å². The molecule has 0 aromatic carbocycles. The zero-order valence-electron chi connectivity index (χ0n) is 5.78. The molecule has 0 radical (unpaired) electrons. The predicted molar refractivity (Wildman–Crippen MR) is 34.3 cm³/mol. The molecule has 0 fully saturated rings. The molecule has 0 bridgehead atoms. The van der Waals surface area contributed by atoms with Gasteiger partial charge in [-0.3, -0.25) is 4.79 Å². The molecule has 0 spiro atoms. The number of carboxylic acids is 1. The number of nitrogens with zero attached hydrogens (tertiary/aromatic N) is 3. The Morgan fingerprint density at radius 1 is 1.50 bits per heavy atom. The summed E-state index contributed by atoms with van der Waals surface area (Å²) in [6.45, 7) is 0. The molecule has 1 atom stereocenters. The maximum Gasteiger partial charge on any atom is 0.342 e. The number of aromatic nitrogens is 3. The van der Waals surface area contributed by atoms with Crippen LogP contribution in [0, 0.1) is 0 Å². The van der Waals surface area contributed by atoms with E-state index in [2.05, 4.69) is 10.1 Å². The summed E-state index contributed by atoms with van der Waals surface area (Å²) < 4.78 is 0.652. The third-order valence-electron chi connectivity index (χ3n) is 1.11. The number of aliphatic hydroxyl groups excluding tert-OH is 1. The van der Waals surface area contributed by atoms with Gasteiger partial charge in [-0.05, 0) is 0 Å². The fourth-order valence-electron chi connectivity index (χ4n) is 0.553. The van der Waals surface area contributed by atoms with E-state index in [1.54, 1.807) is 0 Å². The summed E-state index contributed by atoms with van der Waals surface area (Å²) in [5.74, 6) is -2.66. The molecule has 1 rings (SSSR count). The summed E-state index contributed by atoms with van der Waals surface area (Å²) in [7, 11) is 0. The van der Waals surface area contributed by atoms with E-state index in [0.717, 1.165) is 12.7 Å². The van der Waals surface area contributed by atoms with Crippen molar-refractivity contribution in [1.29, 1.82) is 0 Å². The van der Waals surface area contributed by atoms with Crippen LogP contribution in [-0.4, -0.2) is 43.0 Å². The Morgan fingerprint density at radius 3 is 2.58 bits per heavy atom. The highest BCUT2D eigenvalue weighted by molar-refractivity contribution is 6.00. The molecule has 64 valence electrons. The van der Waals surface area contributed by atoms with Crippen LogP contribution < -0.4 is 0 Å². The molecule has 7 nitrogen and oxygen atoms in total. The van der Waals surface area contributed by atoms with Crippen LogP contribution in [0.5, 0.6) is 0 Å². The molecule has 7 heteroatoms. The minimum atomic E-state index is -2.09. The molecular weight excluding hydrogens is 166 g/mol.